The second-order valence-electron chi connectivity index (χ2n) is 8.32. The lowest BCUT2D eigenvalue weighted by Gasteiger charge is -2.35. The molecule has 4 nitrogen and oxygen atoms in total. The summed E-state index contributed by atoms with van der Waals surface area (Å²) in [6.07, 6.45) is 1.55. The average molecular weight is 306 g/mol. The van der Waals surface area contributed by atoms with Gasteiger partial charge in [0.25, 0.3) is 0 Å². The Labute approximate surface area is 131 Å². The minimum Gasteiger partial charge on any atom is -0.512 e. The van der Waals surface area contributed by atoms with Crippen molar-refractivity contribution in [3.05, 3.63) is 22.7 Å². The third-order valence-electron chi connectivity index (χ3n) is 4.66. The Morgan fingerprint density at radius 2 is 1.09 bits per heavy atom. The van der Waals surface area contributed by atoms with Gasteiger partial charge in [-0.05, 0) is 10.8 Å². The highest BCUT2D eigenvalue weighted by atomic mass is 16.3. The summed E-state index contributed by atoms with van der Waals surface area (Å²) >= 11 is 0. The van der Waals surface area contributed by atoms with Gasteiger partial charge >= 0.3 is 0 Å². The van der Waals surface area contributed by atoms with E-state index < -0.39 is 5.92 Å². The zero-order valence-corrected chi connectivity index (χ0v) is 14.1. The van der Waals surface area contributed by atoms with E-state index in [4.69, 9.17) is 0 Å². The summed E-state index contributed by atoms with van der Waals surface area (Å²) in [5.41, 5.74) is 0.0709. The largest absolute Gasteiger partial charge is 0.512 e. The van der Waals surface area contributed by atoms with Gasteiger partial charge < -0.3 is 10.2 Å². The molecule has 0 saturated heterocycles. The van der Waals surface area contributed by atoms with Gasteiger partial charge in [0, 0.05) is 42.7 Å². The molecule has 0 aromatic carbocycles. The number of allylic oxidation sites excluding steroid dienone is 4. The predicted molar refractivity (Wildman–Crippen MR) is 84.5 cm³/mol. The summed E-state index contributed by atoms with van der Waals surface area (Å²) in [6, 6.07) is 0. The molecule has 0 heterocycles. The van der Waals surface area contributed by atoms with Crippen molar-refractivity contribution in [2.45, 2.75) is 60.3 Å². The minimum atomic E-state index is -0.549. The van der Waals surface area contributed by atoms with E-state index in [-0.39, 0.29) is 33.9 Å². The van der Waals surface area contributed by atoms with Crippen LogP contribution in [-0.2, 0) is 9.59 Å². The number of carbonyl (C=O) groups excluding carboxylic acids is 2. The fourth-order valence-corrected chi connectivity index (χ4v) is 3.73. The lowest BCUT2D eigenvalue weighted by molar-refractivity contribution is -0.119. The van der Waals surface area contributed by atoms with E-state index in [9.17, 15) is 19.8 Å². The van der Waals surface area contributed by atoms with Crippen LogP contribution in [0.1, 0.15) is 60.3 Å². The number of hydrogen-bond donors (Lipinski definition) is 2. The number of aliphatic hydroxyl groups excluding tert-OH is 2. The van der Waals surface area contributed by atoms with Crippen LogP contribution in [0.25, 0.3) is 0 Å². The van der Waals surface area contributed by atoms with E-state index >= 15 is 0 Å². The molecule has 122 valence electrons. The molecule has 0 radical (unpaired) electrons. The van der Waals surface area contributed by atoms with Crippen LogP contribution in [0.15, 0.2) is 22.7 Å². The Hall–Kier alpha value is -1.58. The monoisotopic (exact) mass is 306 g/mol. The van der Waals surface area contributed by atoms with Gasteiger partial charge in [-0.3, -0.25) is 9.59 Å². The molecule has 0 spiro atoms. The van der Waals surface area contributed by atoms with Gasteiger partial charge in [0.1, 0.15) is 11.5 Å². The maximum absolute atomic E-state index is 12.4. The number of rotatable bonds is 2. The standard InChI is InChI=1S/C18H26O4/c1-10(15-11(19)6-17(2,3)7-12(15)20)16-13(21)8-18(4,5)9-14(16)22/h10,19,21H,6-9H2,1-5H3. The second-order valence-corrected chi connectivity index (χ2v) is 8.32. The molecular weight excluding hydrogens is 280 g/mol. The maximum Gasteiger partial charge on any atom is 0.163 e. The van der Waals surface area contributed by atoms with Crippen LogP contribution < -0.4 is 0 Å². The molecule has 0 aromatic rings. The van der Waals surface area contributed by atoms with Crippen LogP contribution in [0.4, 0.5) is 0 Å². The summed E-state index contributed by atoms with van der Waals surface area (Å²) in [7, 11) is 0. The van der Waals surface area contributed by atoms with Gasteiger partial charge in [0.15, 0.2) is 11.6 Å². The molecule has 0 fully saturated rings. The molecule has 0 aliphatic heterocycles. The lowest BCUT2D eigenvalue weighted by Crippen LogP contribution is -2.33. The van der Waals surface area contributed by atoms with Crippen molar-refractivity contribution in [3.63, 3.8) is 0 Å². The van der Waals surface area contributed by atoms with Crippen LogP contribution >= 0.6 is 0 Å². The predicted octanol–water partition coefficient (Wildman–Crippen LogP) is 4.02. The Balaban J connectivity index is 2.42. The summed E-state index contributed by atoms with van der Waals surface area (Å²) in [5.74, 6) is -0.677. The van der Waals surface area contributed by atoms with Gasteiger partial charge in [-0.2, -0.15) is 0 Å². The third-order valence-corrected chi connectivity index (χ3v) is 4.66. The van der Waals surface area contributed by atoms with Crippen LogP contribution in [-0.4, -0.2) is 21.8 Å². The van der Waals surface area contributed by atoms with Crippen LogP contribution in [0.2, 0.25) is 0 Å². The zero-order valence-electron chi connectivity index (χ0n) is 14.1. The van der Waals surface area contributed by atoms with E-state index in [1.807, 2.05) is 27.7 Å². The molecule has 4 heteroatoms. The maximum atomic E-state index is 12.4. The van der Waals surface area contributed by atoms with Crippen LogP contribution in [0.3, 0.4) is 0 Å². The Morgan fingerprint density at radius 1 is 0.773 bits per heavy atom. The first-order chi connectivity index (χ1) is 9.93. The topological polar surface area (TPSA) is 74.6 Å². The van der Waals surface area contributed by atoms with E-state index in [1.165, 1.54) is 0 Å². The van der Waals surface area contributed by atoms with Gasteiger partial charge in [-0.1, -0.05) is 34.6 Å². The van der Waals surface area contributed by atoms with Crippen molar-refractivity contribution in [1.29, 1.82) is 0 Å². The summed E-state index contributed by atoms with van der Waals surface area (Å²) in [6.45, 7) is 9.48. The fourth-order valence-electron chi connectivity index (χ4n) is 3.73. The molecule has 0 saturated carbocycles. The van der Waals surface area contributed by atoms with Crippen LogP contribution in [0.5, 0.6) is 0 Å². The molecule has 2 aliphatic carbocycles. The Bertz CT molecular complexity index is 538. The summed E-state index contributed by atoms with van der Waals surface area (Å²) in [4.78, 5) is 24.8. The number of Topliss-reactive ketones (excluding diaryl/α,β-unsaturated/α-hetero) is 2. The van der Waals surface area contributed by atoms with E-state index in [2.05, 4.69) is 0 Å². The average Bonchev–Trinajstić information content (AvgIpc) is 2.21. The van der Waals surface area contributed by atoms with Crippen molar-refractivity contribution in [1.82, 2.24) is 0 Å². The summed E-state index contributed by atoms with van der Waals surface area (Å²) in [5, 5.41) is 20.6. The zero-order chi connectivity index (χ0) is 16.9. The normalized spacial score (nSPS) is 25.2. The van der Waals surface area contributed by atoms with E-state index in [0.29, 0.717) is 36.8 Å². The van der Waals surface area contributed by atoms with Crippen molar-refractivity contribution < 1.29 is 19.8 Å². The molecule has 2 rings (SSSR count). The molecule has 22 heavy (non-hydrogen) atoms. The van der Waals surface area contributed by atoms with Crippen molar-refractivity contribution in [3.8, 4) is 0 Å². The highest BCUT2D eigenvalue weighted by Crippen LogP contribution is 2.43. The highest BCUT2D eigenvalue weighted by molar-refractivity contribution is 6.03. The minimum absolute atomic E-state index is 0.0617. The molecular formula is C18H26O4. The van der Waals surface area contributed by atoms with E-state index in [1.54, 1.807) is 6.92 Å². The van der Waals surface area contributed by atoms with Crippen molar-refractivity contribution >= 4 is 11.6 Å². The molecule has 2 aliphatic rings. The second kappa shape index (κ2) is 5.25. The molecule has 0 bridgehead atoms. The smallest absolute Gasteiger partial charge is 0.163 e. The van der Waals surface area contributed by atoms with Crippen molar-refractivity contribution in [2.24, 2.45) is 16.7 Å². The molecule has 0 atom stereocenters. The van der Waals surface area contributed by atoms with Crippen molar-refractivity contribution in [2.75, 3.05) is 0 Å². The third kappa shape index (κ3) is 3.11. The number of aliphatic hydroxyl groups is 2. The first-order valence-electron chi connectivity index (χ1n) is 7.84. The SMILES string of the molecule is CC(C1=C(O)CC(C)(C)CC1=O)C1=C(O)CC(C)(C)CC1=O. The molecule has 0 aromatic heterocycles. The number of hydrogen-bond acceptors (Lipinski definition) is 4. The Kier molecular flexibility index (Phi) is 4.01. The van der Waals surface area contributed by atoms with Gasteiger partial charge in [-0.15, -0.1) is 0 Å². The van der Waals surface area contributed by atoms with Gasteiger partial charge in [-0.25, -0.2) is 0 Å². The van der Waals surface area contributed by atoms with Gasteiger partial charge in [0.2, 0.25) is 0 Å². The quantitative estimate of drug-likeness (QED) is 0.808. The fraction of sp³-hybridized carbons (Fsp3) is 0.667. The number of carbonyl (C=O) groups is 2. The first-order valence-corrected chi connectivity index (χ1v) is 7.84. The lowest BCUT2D eigenvalue weighted by atomic mass is 9.69. The summed E-state index contributed by atoms with van der Waals surface area (Å²) < 4.78 is 0. The molecule has 0 amide bonds. The first kappa shape index (κ1) is 16.8. The van der Waals surface area contributed by atoms with E-state index in [0.717, 1.165) is 0 Å². The van der Waals surface area contributed by atoms with Gasteiger partial charge in [0.05, 0.1) is 0 Å². The number of ketones is 2. The Morgan fingerprint density at radius 3 is 1.36 bits per heavy atom. The highest BCUT2D eigenvalue weighted by Gasteiger charge is 2.41. The molecule has 2 N–H and O–H groups in total. The van der Waals surface area contributed by atoms with Crippen LogP contribution in [0, 0.1) is 16.7 Å². The molecule has 0 unspecified atom stereocenters.